The van der Waals surface area contributed by atoms with E-state index in [1.807, 2.05) is 36.4 Å². The molecule has 1 fully saturated rings. The summed E-state index contributed by atoms with van der Waals surface area (Å²) in [5, 5.41) is 12.3. The zero-order chi connectivity index (χ0) is 29.1. The van der Waals surface area contributed by atoms with Gasteiger partial charge >= 0.3 is 11.2 Å². The minimum absolute atomic E-state index is 0.172. The lowest BCUT2D eigenvalue weighted by Gasteiger charge is -2.41. The monoisotopic (exact) mass is 580 g/mol. The summed E-state index contributed by atoms with van der Waals surface area (Å²) in [5.41, 5.74) is 3.96. The molecule has 6 rings (SSSR count). The van der Waals surface area contributed by atoms with E-state index in [0.29, 0.717) is 31.3 Å². The number of nitriles is 1. The van der Waals surface area contributed by atoms with Gasteiger partial charge in [-0.05, 0) is 23.4 Å². The van der Waals surface area contributed by atoms with E-state index in [2.05, 4.69) is 52.3 Å². The lowest BCUT2D eigenvalue weighted by atomic mass is 10.0. The molecule has 10 heteroatoms. The minimum Gasteiger partial charge on any atom is -0.609 e. The largest absolute Gasteiger partial charge is 0.609 e. The number of hydrogen-bond acceptors (Lipinski definition) is 8. The van der Waals surface area contributed by atoms with Crippen LogP contribution in [0.25, 0.3) is 10.8 Å². The summed E-state index contributed by atoms with van der Waals surface area (Å²) < 4.78 is 18.2. The summed E-state index contributed by atoms with van der Waals surface area (Å²) >= 11 is -1.37. The number of anilines is 2. The molecule has 2 aliphatic heterocycles. The van der Waals surface area contributed by atoms with E-state index in [4.69, 9.17) is 14.7 Å². The van der Waals surface area contributed by atoms with Gasteiger partial charge in [-0.1, -0.05) is 66.7 Å². The maximum absolute atomic E-state index is 13.0. The first kappa shape index (κ1) is 27.8. The predicted octanol–water partition coefficient (Wildman–Crippen LogP) is 4.67. The van der Waals surface area contributed by atoms with Crippen molar-refractivity contribution in [2.75, 3.05) is 42.2 Å². The van der Waals surface area contributed by atoms with E-state index in [1.54, 1.807) is 11.2 Å². The Bertz CT molecular complexity index is 1620. The standard InChI is InChI=1S/C32H32N6O3S/c1-42(40)31-34-28-21-36(29-13-7-11-24-10-5-6-12-26(24)29)17-15-27(28)30(35-31)37-18-19-38(25(20-37)14-16-33)32(39)41-22-23-8-3-2-4-9-23/h2-13,25H,14-15,17-22H2,1H3. The number of hydrogen-bond donors (Lipinski definition) is 0. The molecule has 2 atom stereocenters. The van der Waals surface area contributed by atoms with E-state index >= 15 is 0 Å². The van der Waals surface area contributed by atoms with Crippen molar-refractivity contribution in [3.63, 3.8) is 0 Å². The Kier molecular flexibility index (Phi) is 8.13. The van der Waals surface area contributed by atoms with Gasteiger partial charge in [0.15, 0.2) is 0 Å². The van der Waals surface area contributed by atoms with Crippen LogP contribution in [0.15, 0.2) is 78.0 Å². The topological polar surface area (TPSA) is 109 Å². The number of ether oxygens (including phenoxy) is 1. The fourth-order valence-corrected chi connectivity index (χ4v) is 6.29. The van der Waals surface area contributed by atoms with Gasteiger partial charge in [-0.3, -0.25) is 0 Å². The normalized spacial score (nSPS) is 17.5. The lowest BCUT2D eigenvalue weighted by molar-refractivity contribution is 0.0767. The van der Waals surface area contributed by atoms with Crippen LogP contribution in [0.4, 0.5) is 16.3 Å². The number of benzene rings is 3. The number of aromatic nitrogens is 2. The van der Waals surface area contributed by atoms with Crippen molar-refractivity contribution in [3.05, 3.63) is 89.6 Å². The Hall–Kier alpha value is -4.33. The molecule has 2 unspecified atom stereocenters. The molecule has 9 nitrogen and oxygen atoms in total. The van der Waals surface area contributed by atoms with E-state index in [0.717, 1.165) is 41.3 Å². The van der Waals surface area contributed by atoms with Gasteiger partial charge in [0.25, 0.3) is 0 Å². The van der Waals surface area contributed by atoms with Crippen LogP contribution in [0, 0.1) is 11.3 Å². The number of amides is 1. The molecule has 42 heavy (non-hydrogen) atoms. The van der Waals surface area contributed by atoms with Crippen molar-refractivity contribution in [2.45, 2.75) is 37.2 Å². The summed E-state index contributed by atoms with van der Waals surface area (Å²) in [4.78, 5) is 28.7. The van der Waals surface area contributed by atoms with Crippen molar-refractivity contribution < 1.29 is 14.1 Å². The Morgan fingerprint density at radius 1 is 1.02 bits per heavy atom. The average molecular weight is 581 g/mol. The molecule has 0 radical (unpaired) electrons. The Morgan fingerprint density at radius 2 is 1.81 bits per heavy atom. The zero-order valence-corrected chi connectivity index (χ0v) is 24.3. The molecule has 1 amide bonds. The smallest absolute Gasteiger partial charge is 0.410 e. The van der Waals surface area contributed by atoms with Crippen molar-refractivity contribution in [1.82, 2.24) is 14.9 Å². The second-order valence-corrected chi connectivity index (χ2v) is 11.8. The molecule has 1 aromatic heterocycles. The summed E-state index contributed by atoms with van der Waals surface area (Å²) in [6.45, 7) is 2.90. The van der Waals surface area contributed by atoms with Crippen LogP contribution in [0.5, 0.6) is 0 Å². The Balaban J connectivity index is 1.25. The van der Waals surface area contributed by atoms with E-state index in [-0.39, 0.29) is 19.1 Å². The van der Waals surface area contributed by atoms with E-state index in [1.165, 1.54) is 10.8 Å². The predicted molar refractivity (Wildman–Crippen MR) is 163 cm³/mol. The molecule has 0 N–H and O–H groups in total. The number of rotatable bonds is 6. The zero-order valence-electron chi connectivity index (χ0n) is 23.5. The van der Waals surface area contributed by atoms with Crippen molar-refractivity contribution in [3.8, 4) is 6.07 Å². The summed E-state index contributed by atoms with van der Waals surface area (Å²) in [5.74, 6) is 0.753. The summed E-state index contributed by atoms with van der Waals surface area (Å²) in [7, 11) is 0. The van der Waals surface area contributed by atoms with Gasteiger partial charge in [0, 0.05) is 54.0 Å². The van der Waals surface area contributed by atoms with Crippen molar-refractivity contribution in [1.29, 1.82) is 5.26 Å². The van der Waals surface area contributed by atoms with Crippen LogP contribution < -0.4 is 9.80 Å². The van der Waals surface area contributed by atoms with Gasteiger partial charge in [0.1, 0.15) is 18.7 Å². The highest BCUT2D eigenvalue weighted by atomic mass is 32.2. The molecular formula is C32H32N6O3S. The number of carbonyl (C=O) groups is 1. The first-order valence-electron chi connectivity index (χ1n) is 14.1. The third kappa shape index (κ3) is 5.71. The minimum atomic E-state index is -1.37. The Morgan fingerprint density at radius 3 is 2.62 bits per heavy atom. The second kappa shape index (κ2) is 12.3. The molecule has 2 aliphatic rings. The fourth-order valence-electron chi connectivity index (χ4n) is 5.84. The molecule has 3 heterocycles. The molecule has 0 aliphatic carbocycles. The summed E-state index contributed by atoms with van der Waals surface area (Å²) in [6, 6.07) is 26.1. The van der Waals surface area contributed by atoms with Gasteiger partial charge in [-0.15, -0.1) is 0 Å². The molecule has 0 spiro atoms. The third-order valence-electron chi connectivity index (χ3n) is 7.94. The molecule has 214 valence electrons. The summed E-state index contributed by atoms with van der Waals surface area (Å²) in [6.07, 6.45) is 2.07. The van der Waals surface area contributed by atoms with E-state index < -0.39 is 17.3 Å². The van der Waals surface area contributed by atoms with E-state index in [9.17, 15) is 14.6 Å². The second-order valence-electron chi connectivity index (χ2n) is 10.6. The quantitative estimate of drug-likeness (QED) is 0.239. The number of piperazine rings is 1. The number of carbonyl (C=O) groups excluding carboxylic acids is 1. The first-order valence-corrected chi connectivity index (χ1v) is 15.6. The highest BCUT2D eigenvalue weighted by Gasteiger charge is 2.35. The molecule has 4 aromatic rings. The highest BCUT2D eigenvalue weighted by Crippen LogP contribution is 2.34. The molecule has 1 saturated heterocycles. The van der Waals surface area contributed by atoms with Gasteiger partial charge in [-0.2, -0.15) is 15.2 Å². The number of fused-ring (bicyclic) bond motifs is 2. The molecular weight excluding hydrogens is 548 g/mol. The SMILES string of the molecule is C[S+]([O-])c1nc2c(c(N3CCN(C(=O)OCc4ccccc4)C(CC#N)C3)n1)CCN(c1cccc3ccccc13)C2. The van der Waals surface area contributed by atoms with Crippen LogP contribution in [0.3, 0.4) is 0 Å². The third-order valence-corrected chi connectivity index (χ3v) is 8.63. The van der Waals surface area contributed by atoms with Gasteiger partial charge < -0.3 is 24.0 Å². The van der Waals surface area contributed by atoms with Crippen molar-refractivity contribution in [2.24, 2.45) is 0 Å². The van der Waals surface area contributed by atoms with Crippen molar-refractivity contribution >= 4 is 39.5 Å². The average Bonchev–Trinajstić information content (AvgIpc) is 3.03. The molecule has 3 aromatic carbocycles. The van der Waals surface area contributed by atoms with Crippen LogP contribution in [0.2, 0.25) is 0 Å². The van der Waals surface area contributed by atoms with Gasteiger partial charge in [0.2, 0.25) is 0 Å². The maximum atomic E-state index is 13.0. The fraction of sp³-hybridized carbons (Fsp3) is 0.312. The first-order chi connectivity index (χ1) is 20.5. The van der Waals surface area contributed by atoms with Crippen LogP contribution in [-0.2, 0) is 35.5 Å². The number of nitrogens with zero attached hydrogens (tertiary/aromatic N) is 6. The van der Waals surface area contributed by atoms with Crippen LogP contribution in [-0.4, -0.2) is 64.0 Å². The molecule has 0 saturated carbocycles. The molecule has 0 bridgehead atoms. The van der Waals surface area contributed by atoms with Crippen LogP contribution >= 0.6 is 0 Å². The van der Waals surface area contributed by atoms with Crippen LogP contribution in [0.1, 0.15) is 23.2 Å². The Labute approximate surface area is 248 Å². The maximum Gasteiger partial charge on any atom is 0.410 e. The van der Waals surface area contributed by atoms with Gasteiger partial charge in [-0.25, -0.2) is 4.79 Å². The lowest BCUT2D eigenvalue weighted by Crippen LogP contribution is -2.56. The van der Waals surface area contributed by atoms with Gasteiger partial charge in [0.05, 0.1) is 30.8 Å². The highest BCUT2D eigenvalue weighted by molar-refractivity contribution is 7.90.